The molecule has 3 heteroatoms. The van der Waals surface area contributed by atoms with Crippen LogP contribution in [0, 0.1) is 5.92 Å². The normalized spacial score (nSPS) is 12.4. The van der Waals surface area contributed by atoms with Crippen molar-refractivity contribution in [2.45, 2.75) is 27.3 Å². The molecular formula is C15H26N2O. The van der Waals surface area contributed by atoms with Crippen molar-refractivity contribution in [2.24, 2.45) is 5.92 Å². The van der Waals surface area contributed by atoms with Gasteiger partial charge in [0, 0.05) is 38.5 Å². The van der Waals surface area contributed by atoms with Crippen molar-refractivity contribution >= 4 is 5.69 Å². The lowest BCUT2D eigenvalue weighted by molar-refractivity contribution is 0.233. The first-order valence-corrected chi connectivity index (χ1v) is 6.86. The van der Waals surface area contributed by atoms with Gasteiger partial charge in [-0.15, -0.1) is 0 Å². The second-order valence-electron chi connectivity index (χ2n) is 4.76. The average Bonchev–Trinajstić information content (AvgIpc) is 2.41. The Morgan fingerprint density at radius 2 is 1.78 bits per heavy atom. The van der Waals surface area contributed by atoms with Crippen LogP contribution in [0.15, 0.2) is 24.3 Å². The second-order valence-corrected chi connectivity index (χ2v) is 4.76. The maximum atomic E-state index is 8.94. The number of rotatable bonds is 8. The first kappa shape index (κ1) is 15.0. The van der Waals surface area contributed by atoms with Gasteiger partial charge in [0.2, 0.25) is 0 Å². The van der Waals surface area contributed by atoms with Crippen LogP contribution in [0.2, 0.25) is 0 Å². The summed E-state index contributed by atoms with van der Waals surface area (Å²) in [6, 6.07) is 8.70. The Kier molecular flexibility index (Phi) is 6.76. The molecule has 0 aliphatic rings. The van der Waals surface area contributed by atoms with Gasteiger partial charge in [0.05, 0.1) is 0 Å². The van der Waals surface area contributed by atoms with Gasteiger partial charge in [-0.25, -0.2) is 0 Å². The molecule has 0 fully saturated rings. The molecule has 0 aliphatic carbocycles. The van der Waals surface area contributed by atoms with Crippen LogP contribution in [0.25, 0.3) is 0 Å². The Labute approximate surface area is 111 Å². The number of aliphatic hydroxyl groups excluding tert-OH is 1. The molecule has 1 rings (SSSR count). The molecule has 0 radical (unpaired) electrons. The lowest BCUT2D eigenvalue weighted by Crippen LogP contribution is -2.23. The van der Waals surface area contributed by atoms with Gasteiger partial charge in [-0.05, 0) is 37.5 Å². The minimum atomic E-state index is 0.244. The Balaban J connectivity index is 2.45. The van der Waals surface area contributed by atoms with Crippen LogP contribution in [0.4, 0.5) is 5.69 Å². The fourth-order valence-electron chi connectivity index (χ4n) is 1.94. The van der Waals surface area contributed by atoms with Gasteiger partial charge in [-0.3, -0.25) is 0 Å². The van der Waals surface area contributed by atoms with E-state index < -0.39 is 0 Å². The molecule has 0 spiro atoms. The molecule has 1 aromatic rings. The van der Waals surface area contributed by atoms with Crippen molar-refractivity contribution in [3.8, 4) is 0 Å². The Morgan fingerprint density at radius 1 is 1.17 bits per heavy atom. The Hall–Kier alpha value is -1.06. The number of hydrogen-bond donors (Lipinski definition) is 2. The summed E-state index contributed by atoms with van der Waals surface area (Å²) in [5.74, 6) is 0.319. The Morgan fingerprint density at radius 3 is 2.28 bits per heavy atom. The molecule has 0 amide bonds. The molecule has 0 saturated carbocycles. The highest BCUT2D eigenvalue weighted by Crippen LogP contribution is 2.14. The van der Waals surface area contributed by atoms with Gasteiger partial charge >= 0.3 is 0 Å². The van der Waals surface area contributed by atoms with Crippen LogP contribution in [-0.4, -0.2) is 31.3 Å². The maximum absolute atomic E-state index is 8.94. The number of anilines is 1. The monoisotopic (exact) mass is 250 g/mol. The molecule has 102 valence electrons. The van der Waals surface area contributed by atoms with Crippen molar-refractivity contribution in [2.75, 3.05) is 31.1 Å². The highest BCUT2D eigenvalue weighted by atomic mass is 16.3. The van der Waals surface area contributed by atoms with E-state index in [1.807, 2.05) is 6.92 Å². The number of nitrogens with zero attached hydrogens (tertiary/aromatic N) is 1. The van der Waals surface area contributed by atoms with E-state index in [1.165, 1.54) is 11.3 Å². The van der Waals surface area contributed by atoms with E-state index in [-0.39, 0.29) is 6.61 Å². The van der Waals surface area contributed by atoms with Crippen LogP contribution >= 0.6 is 0 Å². The van der Waals surface area contributed by atoms with Crippen molar-refractivity contribution < 1.29 is 5.11 Å². The molecule has 2 N–H and O–H groups in total. The van der Waals surface area contributed by atoms with E-state index in [0.717, 1.165) is 26.2 Å². The smallest absolute Gasteiger partial charge is 0.0468 e. The van der Waals surface area contributed by atoms with E-state index in [2.05, 4.69) is 48.3 Å². The average molecular weight is 250 g/mol. The molecule has 18 heavy (non-hydrogen) atoms. The van der Waals surface area contributed by atoms with Crippen LogP contribution in [0.1, 0.15) is 26.3 Å². The number of hydrogen-bond acceptors (Lipinski definition) is 3. The number of aliphatic hydroxyl groups is 1. The lowest BCUT2D eigenvalue weighted by atomic mass is 10.1. The predicted molar refractivity (Wildman–Crippen MR) is 78.0 cm³/mol. The van der Waals surface area contributed by atoms with Crippen LogP contribution < -0.4 is 10.2 Å². The molecule has 0 bridgehead atoms. The van der Waals surface area contributed by atoms with Gasteiger partial charge in [-0.2, -0.15) is 0 Å². The Bertz CT molecular complexity index is 320. The first-order valence-electron chi connectivity index (χ1n) is 6.86. The fraction of sp³-hybridized carbons (Fsp3) is 0.600. The van der Waals surface area contributed by atoms with Crippen LogP contribution in [-0.2, 0) is 6.54 Å². The quantitative estimate of drug-likeness (QED) is 0.743. The second kappa shape index (κ2) is 8.11. The molecule has 3 nitrogen and oxygen atoms in total. The molecular weight excluding hydrogens is 224 g/mol. The summed E-state index contributed by atoms with van der Waals surface area (Å²) < 4.78 is 0. The largest absolute Gasteiger partial charge is 0.396 e. The molecule has 1 aromatic carbocycles. The molecule has 1 unspecified atom stereocenters. The molecule has 0 saturated heterocycles. The van der Waals surface area contributed by atoms with Crippen LogP contribution in [0.3, 0.4) is 0 Å². The standard InChI is InChI=1S/C15H26N2O/c1-4-17(5-2)15-8-6-14(7-9-15)11-16-10-13(3)12-18/h6-9,13,16,18H,4-5,10-12H2,1-3H3. The fourth-order valence-corrected chi connectivity index (χ4v) is 1.94. The predicted octanol–water partition coefficient (Wildman–Crippen LogP) is 2.25. The maximum Gasteiger partial charge on any atom is 0.0468 e. The van der Waals surface area contributed by atoms with Crippen LogP contribution in [0.5, 0.6) is 0 Å². The summed E-state index contributed by atoms with van der Waals surface area (Å²) in [6.07, 6.45) is 0. The van der Waals surface area contributed by atoms with E-state index >= 15 is 0 Å². The zero-order valence-electron chi connectivity index (χ0n) is 11.8. The summed E-state index contributed by atoms with van der Waals surface area (Å²) in [7, 11) is 0. The van der Waals surface area contributed by atoms with E-state index in [9.17, 15) is 0 Å². The van der Waals surface area contributed by atoms with Gasteiger partial charge in [0.15, 0.2) is 0 Å². The lowest BCUT2D eigenvalue weighted by Gasteiger charge is -2.21. The van der Waals surface area contributed by atoms with Gasteiger partial charge in [-0.1, -0.05) is 19.1 Å². The zero-order chi connectivity index (χ0) is 13.4. The van der Waals surface area contributed by atoms with Crippen molar-refractivity contribution in [1.82, 2.24) is 5.32 Å². The van der Waals surface area contributed by atoms with Gasteiger partial charge in [0.1, 0.15) is 0 Å². The third kappa shape index (κ3) is 4.67. The number of nitrogens with one attached hydrogen (secondary N) is 1. The first-order chi connectivity index (χ1) is 8.71. The minimum absolute atomic E-state index is 0.244. The SMILES string of the molecule is CCN(CC)c1ccc(CNCC(C)CO)cc1. The summed E-state index contributed by atoms with van der Waals surface area (Å²) in [5.41, 5.74) is 2.57. The van der Waals surface area contributed by atoms with E-state index in [1.54, 1.807) is 0 Å². The van der Waals surface area contributed by atoms with Gasteiger partial charge < -0.3 is 15.3 Å². The van der Waals surface area contributed by atoms with Crippen molar-refractivity contribution in [3.63, 3.8) is 0 Å². The summed E-state index contributed by atoms with van der Waals surface area (Å²) in [4.78, 5) is 2.34. The van der Waals surface area contributed by atoms with E-state index in [4.69, 9.17) is 5.11 Å². The highest BCUT2D eigenvalue weighted by Gasteiger charge is 2.02. The van der Waals surface area contributed by atoms with Gasteiger partial charge in [0.25, 0.3) is 0 Å². The molecule has 1 atom stereocenters. The molecule has 0 aromatic heterocycles. The molecule has 0 aliphatic heterocycles. The third-order valence-corrected chi connectivity index (χ3v) is 3.20. The summed E-state index contributed by atoms with van der Waals surface area (Å²) >= 11 is 0. The number of benzene rings is 1. The third-order valence-electron chi connectivity index (χ3n) is 3.20. The minimum Gasteiger partial charge on any atom is -0.396 e. The topological polar surface area (TPSA) is 35.5 Å². The van der Waals surface area contributed by atoms with E-state index in [0.29, 0.717) is 5.92 Å². The zero-order valence-corrected chi connectivity index (χ0v) is 11.8. The highest BCUT2D eigenvalue weighted by molar-refractivity contribution is 5.47. The van der Waals surface area contributed by atoms with Crippen molar-refractivity contribution in [3.05, 3.63) is 29.8 Å². The summed E-state index contributed by atoms with van der Waals surface area (Å²) in [6.45, 7) is 10.4. The molecule has 0 heterocycles. The summed E-state index contributed by atoms with van der Waals surface area (Å²) in [5, 5.41) is 12.3. The van der Waals surface area contributed by atoms with Crippen molar-refractivity contribution in [1.29, 1.82) is 0 Å².